The summed E-state index contributed by atoms with van der Waals surface area (Å²) >= 11 is 5.62. The molecule has 2 amide bonds. The molecule has 1 heterocycles. The number of hydrogen-bond acceptors (Lipinski definition) is 7. The number of carbonyl (C=O) groups excluding carboxylic acids is 2. The van der Waals surface area contributed by atoms with E-state index in [1.807, 2.05) is 67.6 Å². The number of hydrogen-bond donors (Lipinski definition) is 3. The van der Waals surface area contributed by atoms with Crippen LogP contribution in [0, 0.1) is 3.57 Å². The SMILES string of the molecule is CCOc1cc(/C=N\NC(=O)[C@H](Cc2cnc[nH]2)NC(=O)OCc2ccccc2)cc(I)c1OCc1ccc(Br)cc1. The standard InChI is InChI=1S/C30H29BrIN5O5/c1-2-40-27-13-22(12-25(32)28(27)41-17-21-8-10-23(31)11-9-21)15-35-37-29(38)26(14-24-16-33-19-34-24)36-30(39)42-18-20-6-4-3-5-7-20/h3-13,15-16,19,26H,2,14,17-18H2,1H3,(H,33,34)(H,36,39)(H,37,38)/b35-15-/t26-/m0/s1. The summed E-state index contributed by atoms with van der Waals surface area (Å²) in [5, 5.41) is 6.73. The monoisotopic (exact) mass is 745 g/mol. The fourth-order valence-corrected chi connectivity index (χ4v) is 4.83. The van der Waals surface area contributed by atoms with Crippen LogP contribution in [-0.4, -0.2) is 40.8 Å². The van der Waals surface area contributed by atoms with Crippen molar-refractivity contribution < 1.29 is 23.8 Å². The van der Waals surface area contributed by atoms with Crippen LogP contribution in [0.1, 0.15) is 29.3 Å². The molecule has 4 aromatic rings. The Morgan fingerprint density at radius 2 is 1.83 bits per heavy atom. The van der Waals surface area contributed by atoms with Gasteiger partial charge in [-0.15, -0.1) is 0 Å². The van der Waals surface area contributed by atoms with E-state index in [0.717, 1.165) is 19.2 Å². The number of carbonyl (C=O) groups is 2. The molecule has 0 spiro atoms. The van der Waals surface area contributed by atoms with E-state index in [0.29, 0.717) is 36.0 Å². The lowest BCUT2D eigenvalue weighted by molar-refractivity contribution is -0.123. The summed E-state index contributed by atoms with van der Waals surface area (Å²) in [6.07, 6.45) is 4.02. The number of nitrogens with zero attached hydrogens (tertiary/aromatic N) is 2. The lowest BCUT2D eigenvalue weighted by Crippen LogP contribution is -2.47. The van der Waals surface area contributed by atoms with Crippen molar-refractivity contribution in [3.05, 3.63) is 110 Å². The molecule has 0 saturated carbocycles. The number of H-pyrrole nitrogens is 1. The number of aromatic nitrogens is 2. The number of hydrazone groups is 1. The lowest BCUT2D eigenvalue weighted by atomic mass is 10.1. The fraction of sp³-hybridized carbons (Fsp3) is 0.200. The average molecular weight is 746 g/mol. The van der Waals surface area contributed by atoms with Crippen LogP contribution in [0.3, 0.4) is 0 Å². The number of halogens is 2. The normalized spacial score (nSPS) is 11.6. The van der Waals surface area contributed by atoms with Crippen LogP contribution in [0.15, 0.2) is 88.8 Å². The first-order valence-electron chi connectivity index (χ1n) is 13.0. The van der Waals surface area contributed by atoms with E-state index in [9.17, 15) is 9.59 Å². The number of benzene rings is 3. The minimum absolute atomic E-state index is 0.0763. The van der Waals surface area contributed by atoms with Gasteiger partial charge in [-0.1, -0.05) is 58.4 Å². The second kappa shape index (κ2) is 15.9. The predicted molar refractivity (Wildman–Crippen MR) is 170 cm³/mol. The second-order valence-corrected chi connectivity index (χ2v) is 11.0. The molecule has 42 heavy (non-hydrogen) atoms. The summed E-state index contributed by atoms with van der Waals surface area (Å²) in [5.41, 5.74) is 5.72. The third kappa shape index (κ3) is 9.58. The molecule has 4 rings (SSSR count). The Morgan fingerprint density at radius 3 is 2.55 bits per heavy atom. The first-order chi connectivity index (χ1) is 20.4. The molecule has 0 aliphatic carbocycles. The molecule has 0 fully saturated rings. The zero-order chi connectivity index (χ0) is 29.7. The van der Waals surface area contributed by atoms with Gasteiger partial charge in [-0.3, -0.25) is 4.79 Å². The molecule has 0 aliphatic rings. The van der Waals surface area contributed by atoms with Crippen LogP contribution < -0.4 is 20.2 Å². The number of amides is 2. The van der Waals surface area contributed by atoms with Crippen LogP contribution in [0.5, 0.6) is 11.5 Å². The Bertz CT molecular complexity index is 1480. The summed E-state index contributed by atoms with van der Waals surface area (Å²) in [4.78, 5) is 32.4. The Hall–Kier alpha value is -3.91. The van der Waals surface area contributed by atoms with E-state index in [-0.39, 0.29) is 13.0 Å². The summed E-state index contributed by atoms with van der Waals surface area (Å²) in [6, 6.07) is 19.9. The van der Waals surface area contributed by atoms with Gasteiger partial charge in [0.1, 0.15) is 19.3 Å². The van der Waals surface area contributed by atoms with Gasteiger partial charge in [-0.2, -0.15) is 5.10 Å². The quantitative estimate of drug-likeness (QED) is 0.0911. The van der Waals surface area contributed by atoms with Crippen molar-refractivity contribution in [1.82, 2.24) is 20.7 Å². The Morgan fingerprint density at radius 1 is 1.07 bits per heavy atom. The van der Waals surface area contributed by atoms with Gasteiger partial charge in [0.25, 0.3) is 5.91 Å². The van der Waals surface area contributed by atoms with Crippen LogP contribution in [-0.2, 0) is 29.2 Å². The molecular weight excluding hydrogens is 717 g/mol. The Kier molecular flexibility index (Phi) is 11.8. The van der Waals surface area contributed by atoms with E-state index in [1.165, 1.54) is 12.5 Å². The summed E-state index contributed by atoms with van der Waals surface area (Å²) < 4.78 is 19.0. The molecule has 0 saturated heterocycles. The van der Waals surface area contributed by atoms with Gasteiger partial charge in [-0.05, 0) is 70.5 Å². The molecule has 10 nitrogen and oxygen atoms in total. The summed E-state index contributed by atoms with van der Waals surface area (Å²) in [5.74, 6) is 0.667. The van der Waals surface area contributed by atoms with Gasteiger partial charge >= 0.3 is 6.09 Å². The van der Waals surface area contributed by atoms with Crippen molar-refractivity contribution in [3.63, 3.8) is 0 Å². The van der Waals surface area contributed by atoms with Gasteiger partial charge in [0.2, 0.25) is 0 Å². The van der Waals surface area contributed by atoms with E-state index in [1.54, 1.807) is 12.3 Å². The van der Waals surface area contributed by atoms with Crippen molar-refractivity contribution in [2.45, 2.75) is 32.6 Å². The molecule has 3 aromatic carbocycles. The molecule has 0 radical (unpaired) electrons. The number of imidazole rings is 1. The third-order valence-corrected chi connectivity index (χ3v) is 7.15. The Labute approximate surface area is 265 Å². The molecule has 0 unspecified atom stereocenters. The largest absolute Gasteiger partial charge is 0.490 e. The average Bonchev–Trinajstić information content (AvgIpc) is 3.50. The first kappa shape index (κ1) is 31.0. The zero-order valence-corrected chi connectivity index (χ0v) is 26.4. The van der Waals surface area contributed by atoms with Gasteiger partial charge in [0, 0.05) is 22.8 Å². The van der Waals surface area contributed by atoms with Crippen LogP contribution in [0.2, 0.25) is 0 Å². The highest BCUT2D eigenvalue weighted by atomic mass is 127. The van der Waals surface area contributed by atoms with E-state index in [2.05, 4.69) is 64.3 Å². The maximum atomic E-state index is 13.0. The van der Waals surface area contributed by atoms with Crippen LogP contribution in [0.25, 0.3) is 0 Å². The highest BCUT2D eigenvalue weighted by Gasteiger charge is 2.22. The van der Waals surface area contributed by atoms with Gasteiger partial charge in [0.05, 0.1) is 22.7 Å². The second-order valence-electron chi connectivity index (χ2n) is 8.95. The summed E-state index contributed by atoms with van der Waals surface area (Å²) in [6.45, 7) is 2.80. The molecule has 12 heteroatoms. The third-order valence-electron chi connectivity index (χ3n) is 5.82. The summed E-state index contributed by atoms with van der Waals surface area (Å²) in [7, 11) is 0. The smallest absolute Gasteiger partial charge is 0.408 e. The number of aromatic amines is 1. The van der Waals surface area contributed by atoms with Crippen molar-refractivity contribution >= 4 is 56.7 Å². The van der Waals surface area contributed by atoms with E-state index >= 15 is 0 Å². The first-order valence-corrected chi connectivity index (χ1v) is 14.9. The molecule has 0 bridgehead atoms. The highest BCUT2D eigenvalue weighted by molar-refractivity contribution is 14.1. The molecule has 1 atom stereocenters. The number of rotatable bonds is 13. The molecule has 0 aliphatic heterocycles. The van der Waals surface area contributed by atoms with Crippen LogP contribution in [0.4, 0.5) is 4.79 Å². The lowest BCUT2D eigenvalue weighted by Gasteiger charge is -2.16. The molecule has 218 valence electrons. The van der Waals surface area contributed by atoms with E-state index in [4.69, 9.17) is 14.2 Å². The zero-order valence-electron chi connectivity index (χ0n) is 22.7. The Balaban J connectivity index is 1.40. The maximum absolute atomic E-state index is 13.0. The number of alkyl carbamates (subject to hydrolysis) is 1. The number of nitrogens with one attached hydrogen (secondary N) is 3. The fourth-order valence-electron chi connectivity index (χ4n) is 3.78. The minimum Gasteiger partial charge on any atom is -0.490 e. The minimum atomic E-state index is -0.959. The van der Waals surface area contributed by atoms with Crippen molar-refractivity contribution in [1.29, 1.82) is 0 Å². The van der Waals surface area contributed by atoms with Gasteiger partial charge in [-0.25, -0.2) is 15.2 Å². The van der Waals surface area contributed by atoms with Crippen molar-refractivity contribution in [2.24, 2.45) is 5.10 Å². The van der Waals surface area contributed by atoms with E-state index < -0.39 is 18.0 Å². The molecular formula is C30H29BrIN5O5. The molecule has 3 N–H and O–H groups in total. The maximum Gasteiger partial charge on any atom is 0.408 e. The van der Waals surface area contributed by atoms with Gasteiger partial charge < -0.3 is 24.5 Å². The van der Waals surface area contributed by atoms with Crippen LogP contribution >= 0.6 is 38.5 Å². The highest BCUT2D eigenvalue weighted by Crippen LogP contribution is 2.34. The molecule has 1 aromatic heterocycles. The predicted octanol–water partition coefficient (Wildman–Crippen LogP) is 5.74. The van der Waals surface area contributed by atoms with Crippen molar-refractivity contribution in [2.75, 3.05) is 6.61 Å². The van der Waals surface area contributed by atoms with Gasteiger partial charge in [0.15, 0.2) is 11.5 Å². The number of ether oxygens (including phenoxy) is 3. The van der Waals surface area contributed by atoms with Crippen molar-refractivity contribution in [3.8, 4) is 11.5 Å². The topological polar surface area (TPSA) is 127 Å².